The summed E-state index contributed by atoms with van der Waals surface area (Å²) in [4.78, 5) is 11.3. The summed E-state index contributed by atoms with van der Waals surface area (Å²) >= 11 is 0. The molecule has 0 aromatic heterocycles. The molecular formula is C12H19N3O3S. The quantitative estimate of drug-likeness (QED) is 0.600. The molecule has 7 heteroatoms. The van der Waals surface area contributed by atoms with Crippen molar-refractivity contribution in [3.8, 4) is 0 Å². The molecule has 0 aliphatic carbocycles. The average Bonchev–Trinajstić information content (AvgIpc) is 2.43. The van der Waals surface area contributed by atoms with Gasteiger partial charge in [-0.15, -0.1) is 0 Å². The SMILES string of the molecule is CNC(=O)c1ccc(CNCCS(=O)(=O)NC)cc1. The Hall–Kier alpha value is -1.44. The maximum atomic E-state index is 11.3. The number of carbonyl (C=O) groups is 1. The van der Waals surface area contributed by atoms with Crippen LogP contribution >= 0.6 is 0 Å². The van der Waals surface area contributed by atoms with E-state index in [4.69, 9.17) is 0 Å². The molecule has 6 nitrogen and oxygen atoms in total. The Morgan fingerprint density at radius 2 is 1.79 bits per heavy atom. The minimum absolute atomic E-state index is 0.0415. The van der Waals surface area contributed by atoms with Gasteiger partial charge in [0.1, 0.15) is 0 Å². The van der Waals surface area contributed by atoms with Crippen LogP contribution in [-0.4, -0.2) is 40.7 Å². The molecule has 0 saturated heterocycles. The van der Waals surface area contributed by atoms with Crippen molar-refractivity contribution in [2.75, 3.05) is 26.4 Å². The summed E-state index contributed by atoms with van der Waals surface area (Å²) in [5, 5.41) is 5.58. The van der Waals surface area contributed by atoms with Crippen LogP contribution in [-0.2, 0) is 16.6 Å². The molecule has 0 atom stereocenters. The number of rotatable bonds is 7. The second kappa shape index (κ2) is 7.22. The highest BCUT2D eigenvalue weighted by molar-refractivity contribution is 7.89. The Labute approximate surface area is 113 Å². The molecule has 106 valence electrons. The van der Waals surface area contributed by atoms with Crippen LogP contribution in [0.5, 0.6) is 0 Å². The molecule has 19 heavy (non-hydrogen) atoms. The van der Waals surface area contributed by atoms with Gasteiger partial charge >= 0.3 is 0 Å². The average molecular weight is 285 g/mol. The predicted molar refractivity (Wildman–Crippen MR) is 74.4 cm³/mol. The van der Waals surface area contributed by atoms with Crippen molar-refractivity contribution in [2.45, 2.75) is 6.54 Å². The Balaban J connectivity index is 2.40. The fraction of sp³-hybridized carbons (Fsp3) is 0.417. The molecule has 0 aliphatic heterocycles. The van der Waals surface area contributed by atoms with Crippen molar-refractivity contribution >= 4 is 15.9 Å². The van der Waals surface area contributed by atoms with Crippen LogP contribution in [0.1, 0.15) is 15.9 Å². The lowest BCUT2D eigenvalue weighted by Gasteiger charge is -2.06. The summed E-state index contributed by atoms with van der Waals surface area (Å²) in [5.74, 6) is -0.0839. The van der Waals surface area contributed by atoms with E-state index in [1.165, 1.54) is 7.05 Å². The van der Waals surface area contributed by atoms with E-state index in [2.05, 4.69) is 15.4 Å². The molecular weight excluding hydrogens is 266 g/mol. The van der Waals surface area contributed by atoms with Gasteiger partial charge in [0.25, 0.3) is 5.91 Å². The van der Waals surface area contributed by atoms with Gasteiger partial charge in [0, 0.05) is 25.7 Å². The summed E-state index contributed by atoms with van der Waals surface area (Å²) in [6.45, 7) is 0.938. The smallest absolute Gasteiger partial charge is 0.251 e. The molecule has 0 radical (unpaired) electrons. The van der Waals surface area contributed by atoms with Crippen LogP contribution in [0.2, 0.25) is 0 Å². The first-order valence-electron chi connectivity index (χ1n) is 5.91. The van der Waals surface area contributed by atoms with Crippen molar-refractivity contribution in [1.82, 2.24) is 15.4 Å². The number of hydrogen-bond acceptors (Lipinski definition) is 4. The second-order valence-corrected chi connectivity index (χ2v) is 6.02. The highest BCUT2D eigenvalue weighted by atomic mass is 32.2. The van der Waals surface area contributed by atoms with Gasteiger partial charge in [-0.2, -0.15) is 0 Å². The topological polar surface area (TPSA) is 87.3 Å². The predicted octanol–water partition coefficient (Wildman–Crippen LogP) is -0.315. The molecule has 0 bridgehead atoms. The molecule has 1 aromatic carbocycles. The van der Waals surface area contributed by atoms with Gasteiger partial charge in [-0.3, -0.25) is 4.79 Å². The summed E-state index contributed by atoms with van der Waals surface area (Å²) in [7, 11) is -0.182. The molecule has 0 saturated carbocycles. The van der Waals surface area contributed by atoms with Crippen LogP contribution < -0.4 is 15.4 Å². The normalized spacial score (nSPS) is 11.3. The third kappa shape index (κ3) is 5.37. The summed E-state index contributed by atoms with van der Waals surface area (Å²) in [6, 6.07) is 7.15. The van der Waals surface area contributed by atoms with Crippen LogP contribution in [0.15, 0.2) is 24.3 Å². The van der Waals surface area contributed by atoms with Gasteiger partial charge in [0.05, 0.1) is 5.75 Å². The highest BCUT2D eigenvalue weighted by Crippen LogP contribution is 2.04. The Kier molecular flexibility index (Phi) is 5.94. The number of carbonyl (C=O) groups excluding carboxylic acids is 1. The monoisotopic (exact) mass is 285 g/mol. The summed E-state index contributed by atoms with van der Waals surface area (Å²) in [6.07, 6.45) is 0. The maximum absolute atomic E-state index is 11.3. The van der Waals surface area contributed by atoms with E-state index >= 15 is 0 Å². The van der Waals surface area contributed by atoms with Gasteiger partial charge in [-0.25, -0.2) is 13.1 Å². The van der Waals surface area contributed by atoms with Crippen molar-refractivity contribution < 1.29 is 13.2 Å². The fourth-order valence-corrected chi connectivity index (χ4v) is 2.08. The molecule has 0 fully saturated rings. The lowest BCUT2D eigenvalue weighted by Crippen LogP contribution is -2.29. The van der Waals surface area contributed by atoms with E-state index in [0.717, 1.165) is 5.56 Å². The summed E-state index contributed by atoms with van der Waals surface area (Å²) in [5.41, 5.74) is 1.60. The van der Waals surface area contributed by atoms with E-state index in [0.29, 0.717) is 18.7 Å². The van der Waals surface area contributed by atoms with E-state index in [-0.39, 0.29) is 11.7 Å². The maximum Gasteiger partial charge on any atom is 0.251 e. The Bertz CT molecular complexity index is 512. The van der Waals surface area contributed by atoms with Crippen LogP contribution in [0.25, 0.3) is 0 Å². The number of sulfonamides is 1. The molecule has 0 spiro atoms. The van der Waals surface area contributed by atoms with Gasteiger partial charge in [-0.05, 0) is 24.7 Å². The standard InChI is InChI=1S/C12H19N3O3S/c1-13-12(16)11-5-3-10(4-6-11)9-15-7-8-19(17,18)14-2/h3-6,14-15H,7-9H2,1-2H3,(H,13,16). The Morgan fingerprint density at radius 1 is 1.16 bits per heavy atom. The first kappa shape index (κ1) is 15.6. The first-order valence-corrected chi connectivity index (χ1v) is 7.56. The van der Waals surface area contributed by atoms with E-state index in [1.807, 2.05) is 12.1 Å². The number of amides is 1. The number of hydrogen-bond donors (Lipinski definition) is 3. The third-order valence-electron chi connectivity index (χ3n) is 2.63. The largest absolute Gasteiger partial charge is 0.355 e. The molecule has 0 heterocycles. The zero-order valence-electron chi connectivity index (χ0n) is 11.1. The van der Waals surface area contributed by atoms with Crippen LogP contribution in [0.4, 0.5) is 0 Å². The number of benzene rings is 1. The lowest BCUT2D eigenvalue weighted by atomic mass is 10.1. The van der Waals surface area contributed by atoms with Gasteiger partial charge in [0.15, 0.2) is 0 Å². The zero-order valence-corrected chi connectivity index (χ0v) is 11.9. The molecule has 1 aromatic rings. The van der Waals surface area contributed by atoms with Gasteiger partial charge < -0.3 is 10.6 Å². The lowest BCUT2D eigenvalue weighted by molar-refractivity contribution is 0.0963. The highest BCUT2D eigenvalue weighted by Gasteiger charge is 2.05. The second-order valence-electron chi connectivity index (χ2n) is 3.98. The third-order valence-corrected chi connectivity index (χ3v) is 3.99. The minimum atomic E-state index is -3.16. The van der Waals surface area contributed by atoms with Gasteiger partial charge in [0.2, 0.25) is 10.0 Å². The summed E-state index contributed by atoms with van der Waals surface area (Å²) < 4.78 is 24.6. The van der Waals surface area contributed by atoms with Crippen molar-refractivity contribution in [1.29, 1.82) is 0 Å². The zero-order chi connectivity index (χ0) is 14.3. The van der Waals surface area contributed by atoms with Crippen molar-refractivity contribution in [3.05, 3.63) is 35.4 Å². The van der Waals surface area contributed by atoms with E-state index in [1.54, 1.807) is 19.2 Å². The van der Waals surface area contributed by atoms with Crippen molar-refractivity contribution in [3.63, 3.8) is 0 Å². The van der Waals surface area contributed by atoms with E-state index < -0.39 is 10.0 Å². The van der Waals surface area contributed by atoms with Crippen LogP contribution in [0, 0.1) is 0 Å². The molecule has 0 unspecified atom stereocenters. The fourth-order valence-electron chi connectivity index (χ4n) is 1.46. The molecule has 0 aliphatic rings. The number of nitrogens with one attached hydrogen (secondary N) is 3. The molecule has 3 N–H and O–H groups in total. The minimum Gasteiger partial charge on any atom is -0.355 e. The van der Waals surface area contributed by atoms with Crippen molar-refractivity contribution in [2.24, 2.45) is 0 Å². The Morgan fingerprint density at radius 3 is 2.32 bits per heavy atom. The van der Waals surface area contributed by atoms with Gasteiger partial charge in [-0.1, -0.05) is 12.1 Å². The first-order chi connectivity index (χ1) is 8.98. The molecule has 1 rings (SSSR count). The van der Waals surface area contributed by atoms with Crippen LogP contribution in [0.3, 0.4) is 0 Å². The molecule has 1 amide bonds. The van der Waals surface area contributed by atoms with E-state index in [9.17, 15) is 13.2 Å².